The summed E-state index contributed by atoms with van der Waals surface area (Å²) < 4.78 is 0. The molecule has 0 aromatic heterocycles. The van der Waals surface area contributed by atoms with E-state index in [4.69, 9.17) is 0 Å². The molecule has 0 aliphatic carbocycles. The van der Waals surface area contributed by atoms with Crippen LogP contribution >= 0.6 is 0 Å². The van der Waals surface area contributed by atoms with Crippen LogP contribution in [-0.4, -0.2) is 59.1 Å². The molecule has 1 N–H and O–H groups in total. The number of nitrogens with zero attached hydrogens (tertiary/aromatic N) is 2. The average Bonchev–Trinajstić information content (AvgIpc) is 2.75. The van der Waals surface area contributed by atoms with E-state index in [1.807, 2.05) is 42.3 Å². The summed E-state index contributed by atoms with van der Waals surface area (Å²) in [6, 6.07) is 10.9. The predicted molar refractivity (Wildman–Crippen MR) is 82.2 cm³/mol. The van der Waals surface area contributed by atoms with Gasteiger partial charge >= 0.3 is 0 Å². The van der Waals surface area contributed by atoms with E-state index in [0.717, 1.165) is 24.9 Å². The third-order valence-electron chi connectivity index (χ3n) is 5.11. The van der Waals surface area contributed by atoms with Gasteiger partial charge in [-0.1, -0.05) is 18.2 Å². The van der Waals surface area contributed by atoms with Gasteiger partial charge in [0, 0.05) is 37.3 Å². The maximum absolute atomic E-state index is 12.6. The van der Waals surface area contributed by atoms with Crippen molar-refractivity contribution in [3.8, 4) is 0 Å². The summed E-state index contributed by atoms with van der Waals surface area (Å²) in [5.74, 6) is 0.121. The Morgan fingerprint density at radius 3 is 2.43 bits per heavy atom. The Balaban J connectivity index is 1.67. The van der Waals surface area contributed by atoms with E-state index in [2.05, 4.69) is 4.90 Å². The summed E-state index contributed by atoms with van der Waals surface area (Å²) >= 11 is 0. The molecular formula is C17H24N2O2. The lowest BCUT2D eigenvalue weighted by Crippen LogP contribution is -2.51. The molecule has 2 unspecified atom stereocenters. The van der Waals surface area contributed by atoms with Crippen LogP contribution in [-0.2, 0) is 0 Å². The van der Waals surface area contributed by atoms with E-state index < -0.39 is 0 Å². The van der Waals surface area contributed by atoms with Gasteiger partial charge in [0.1, 0.15) is 0 Å². The molecule has 4 nitrogen and oxygen atoms in total. The number of benzene rings is 1. The van der Waals surface area contributed by atoms with Gasteiger partial charge < -0.3 is 10.0 Å². The molecule has 1 aromatic rings. The van der Waals surface area contributed by atoms with Gasteiger partial charge in [0.2, 0.25) is 0 Å². The van der Waals surface area contributed by atoms with Crippen LogP contribution in [0.15, 0.2) is 30.3 Å². The minimum absolute atomic E-state index is 0.121. The number of carbonyl (C=O) groups excluding carboxylic acids is 1. The molecule has 0 spiro atoms. The number of carbonyl (C=O) groups is 1. The van der Waals surface area contributed by atoms with Gasteiger partial charge in [-0.15, -0.1) is 0 Å². The van der Waals surface area contributed by atoms with Gasteiger partial charge in [-0.05, 0) is 37.8 Å². The topological polar surface area (TPSA) is 43.8 Å². The third-order valence-corrected chi connectivity index (χ3v) is 5.11. The van der Waals surface area contributed by atoms with Gasteiger partial charge in [0.25, 0.3) is 5.91 Å². The van der Waals surface area contributed by atoms with Crippen LogP contribution in [0.25, 0.3) is 0 Å². The molecule has 2 aliphatic heterocycles. The van der Waals surface area contributed by atoms with E-state index in [1.54, 1.807) is 0 Å². The van der Waals surface area contributed by atoms with E-state index in [0.29, 0.717) is 18.1 Å². The SMILES string of the molecule is CN(C(=O)c1ccccc1)C1CC2CCC(C1)N2CCO. The van der Waals surface area contributed by atoms with Crippen molar-refractivity contribution >= 4 is 5.91 Å². The summed E-state index contributed by atoms with van der Waals surface area (Å²) in [4.78, 5) is 16.9. The largest absolute Gasteiger partial charge is 0.395 e. The molecule has 1 amide bonds. The Hall–Kier alpha value is -1.39. The Kier molecular flexibility index (Phi) is 4.27. The standard InChI is InChI=1S/C17H24N2O2/c1-18(17(21)13-5-3-2-4-6-13)16-11-14-7-8-15(12-16)19(14)9-10-20/h2-6,14-16,20H,7-12H2,1H3. The van der Waals surface area contributed by atoms with Crippen LogP contribution in [0, 0.1) is 0 Å². The summed E-state index contributed by atoms with van der Waals surface area (Å²) in [6.45, 7) is 1.01. The van der Waals surface area contributed by atoms with E-state index >= 15 is 0 Å². The molecule has 2 atom stereocenters. The number of hydrogen-bond acceptors (Lipinski definition) is 3. The summed E-state index contributed by atoms with van der Waals surface area (Å²) in [5.41, 5.74) is 0.769. The lowest BCUT2D eigenvalue weighted by atomic mass is 9.95. The molecule has 2 fully saturated rings. The van der Waals surface area contributed by atoms with Crippen molar-refractivity contribution in [1.29, 1.82) is 0 Å². The second kappa shape index (κ2) is 6.16. The Morgan fingerprint density at radius 2 is 1.86 bits per heavy atom. The second-order valence-corrected chi connectivity index (χ2v) is 6.25. The maximum Gasteiger partial charge on any atom is 0.253 e. The third kappa shape index (κ3) is 2.83. The molecule has 21 heavy (non-hydrogen) atoms. The monoisotopic (exact) mass is 288 g/mol. The molecule has 0 saturated carbocycles. The second-order valence-electron chi connectivity index (χ2n) is 6.25. The van der Waals surface area contributed by atoms with Gasteiger partial charge in [-0.2, -0.15) is 0 Å². The van der Waals surface area contributed by atoms with Gasteiger partial charge in [-0.3, -0.25) is 9.69 Å². The zero-order valence-corrected chi connectivity index (χ0v) is 12.6. The van der Waals surface area contributed by atoms with Crippen LogP contribution in [0.3, 0.4) is 0 Å². The van der Waals surface area contributed by atoms with Crippen molar-refractivity contribution in [2.24, 2.45) is 0 Å². The summed E-state index contributed by atoms with van der Waals surface area (Å²) in [7, 11) is 1.93. The van der Waals surface area contributed by atoms with Crippen LogP contribution in [0.1, 0.15) is 36.0 Å². The van der Waals surface area contributed by atoms with Crippen LogP contribution in [0.2, 0.25) is 0 Å². The van der Waals surface area contributed by atoms with Crippen molar-refractivity contribution in [2.75, 3.05) is 20.2 Å². The van der Waals surface area contributed by atoms with Gasteiger partial charge in [-0.25, -0.2) is 0 Å². The Bertz CT molecular complexity index is 477. The summed E-state index contributed by atoms with van der Waals surface area (Å²) in [5, 5.41) is 9.19. The number of rotatable bonds is 4. The number of aliphatic hydroxyl groups excluding tert-OH is 1. The zero-order chi connectivity index (χ0) is 14.8. The minimum Gasteiger partial charge on any atom is -0.395 e. The number of hydrogen-bond donors (Lipinski definition) is 1. The Labute approximate surface area is 126 Å². The molecule has 114 valence electrons. The predicted octanol–water partition coefficient (Wildman–Crippen LogP) is 1.75. The quantitative estimate of drug-likeness (QED) is 0.918. The lowest BCUT2D eigenvalue weighted by Gasteiger charge is -2.42. The molecule has 2 heterocycles. The average molecular weight is 288 g/mol. The van der Waals surface area contributed by atoms with Crippen LogP contribution in [0.4, 0.5) is 0 Å². The highest BCUT2D eigenvalue weighted by molar-refractivity contribution is 5.94. The van der Waals surface area contributed by atoms with Gasteiger partial charge in [0.15, 0.2) is 0 Å². The fourth-order valence-corrected chi connectivity index (χ4v) is 3.99. The highest BCUT2D eigenvalue weighted by Gasteiger charge is 2.42. The van der Waals surface area contributed by atoms with Crippen molar-refractivity contribution in [1.82, 2.24) is 9.80 Å². The molecule has 0 radical (unpaired) electrons. The first-order chi connectivity index (χ1) is 10.2. The first kappa shape index (κ1) is 14.5. The highest BCUT2D eigenvalue weighted by Crippen LogP contribution is 2.37. The summed E-state index contributed by atoms with van der Waals surface area (Å²) in [6.07, 6.45) is 4.47. The number of aliphatic hydroxyl groups is 1. The maximum atomic E-state index is 12.6. The lowest BCUT2D eigenvalue weighted by molar-refractivity contribution is 0.0446. The van der Waals surface area contributed by atoms with E-state index in [9.17, 15) is 9.90 Å². The smallest absolute Gasteiger partial charge is 0.253 e. The fourth-order valence-electron chi connectivity index (χ4n) is 3.99. The highest BCUT2D eigenvalue weighted by atomic mass is 16.3. The normalized spacial score (nSPS) is 28.6. The first-order valence-corrected chi connectivity index (χ1v) is 7.89. The molecule has 1 aromatic carbocycles. The number of fused-ring (bicyclic) bond motifs is 2. The van der Waals surface area contributed by atoms with E-state index in [-0.39, 0.29) is 12.5 Å². The molecule has 4 heteroatoms. The molecule has 2 aliphatic rings. The molecule has 2 saturated heterocycles. The molecular weight excluding hydrogens is 264 g/mol. The molecule has 3 rings (SSSR count). The first-order valence-electron chi connectivity index (χ1n) is 7.89. The van der Waals surface area contributed by atoms with Gasteiger partial charge in [0.05, 0.1) is 6.61 Å². The van der Waals surface area contributed by atoms with Crippen molar-refractivity contribution in [3.05, 3.63) is 35.9 Å². The van der Waals surface area contributed by atoms with Crippen LogP contribution < -0.4 is 0 Å². The van der Waals surface area contributed by atoms with Crippen molar-refractivity contribution < 1.29 is 9.90 Å². The van der Waals surface area contributed by atoms with Crippen LogP contribution in [0.5, 0.6) is 0 Å². The molecule has 2 bridgehead atoms. The van der Waals surface area contributed by atoms with Crippen molar-refractivity contribution in [2.45, 2.75) is 43.8 Å². The number of amides is 1. The van der Waals surface area contributed by atoms with E-state index in [1.165, 1.54) is 12.8 Å². The van der Waals surface area contributed by atoms with Crippen molar-refractivity contribution in [3.63, 3.8) is 0 Å². The zero-order valence-electron chi connectivity index (χ0n) is 12.6. The Morgan fingerprint density at radius 1 is 1.24 bits per heavy atom. The fraction of sp³-hybridized carbons (Fsp3) is 0.588. The minimum atomic E-state index is 0.121. The number of piperidine rings is 1.